The van der Waals surface area contributed by atoms with E-state index in [2.05, 4.69) is 5.32 Å². The number of hydrogen-bond acceptors (Lipinski definition) is 4. The smallest absolute Gasteiger partial charge is 0.265 e. The summed E-state index contributed by atoms with van der Waals surface area (Å²) in [6.45, 7) is 1.00. The fraction of sp³-hybridized carbons (Fsp3) is 0.529. The monoisotopic (exact) mass is 353 g/mol. The Balaban J connectivity index is 0.00000208. The van der Waals surface area contributed by atoms with Crippen molar-refractivity contribution < 1.29 is 14.3 Å². The highest BCUT2D eigenvalue weighted by Crippen LogP contribution is 2.31. The van der Waals surface area contributed by atoms with Crippen LogP contribution in [-0.2, 0) is 9.59 Å². The Hall–Kier alpha value is -1.79. The predicted molar refractivity (Wildman–Crippen MR) is 94.5 cm³/mol. The number of benzene rings is 1. The van der Waals surface area contributed by atoms with Crippen molar-refractivity contribution in [3.05, 3.63) is 24.3 Å². The van der Waals surface area contributed by atoms with E-state index in [1.807, 2.05) is 24.3 Å². The first-order valence-electron chi connectivity index (χ1n) is 8.20. The predicted octanol–water partition coefficient (Wildman–Crippen LogP) is 1.47. The van der Waals surface area contributed by atoms with Crippen LogP contribution in [0.1, 0.15) is 25.7 Å². The summed E-state index contributed by atoms with van der Waals surface area (Å²) < 4.78 is 5.40. The molecule has 1 aliphatic heterocycles. The fourth-order valence-corrected chi connectivity index (χ4v) is 3.40. The number of carbonyl (C=O) groups excluding carboxylic acids is 2. The quantitative estimate of drug-likeness (QED) is 0.839. The van der Waals surface area contributed by atoms with Gasteiger partial charge in [0.25, 0.3) is 5.91 Å². The van der Waals surface area contributed by atoms with Crippen molar-refractivity contribution in [2.75, 3.05) is 24.6 Å². The maximum absolute atomic E-state index is 12.2. The third-order valence-electron chi connectivity index (χ3n) is 4.68. The van der Waals surface area contributed by atoms with Gasteiger partial charge < -0.3 is 20.7 Å². The Morgan fingerprint density at radius 1 is 1.33 bits per heavy atom. The number of nitrogens with zero attached hydrogens (tertiary/aromatic N) is 1. The molecule has 24 heavy (non-hydrogen) atoms. The van der Waals surface area contributed by atoms with Gasteiger partial charge in [-0.2, -0.15) is 0 Å². The highest BCUT2D eigenvalue weighted by Gasteiger charge is 2.29. The number of halogens is 1. The molecule has 0 bridgehead atoms. The van der Waals surface area contributed by atoms with Crippen molar-refractivity contribution in [3.63, 3.8) is 0 Å². The second-order valence-corrected chi connectivity index (χ2v) is 6.15. The summed E-state index contributed by atoms with van der Waals surface area (Å²) in [5.74, 6) is 0.931. The minimum absolute atomic E-state index is 0. The number of carbonyl (C=O) groups is 2. The van der Waals surface area contributed by atoms with Crippen LogP contribution >= 0.6 is 12.4 Å². The summed E-state index contributed by atoms with van der Waals surface area (Å²) in [6.07, 6.45) is 3.47. The molecule has 132 valence electrons. The summed E-state index contributed by atoms with van der Waals surface area (Å²) >= 11 is 0. The molecule has 0 spiro atoms. The molecule has 0 radical (unpaired) electrons. The summed E-state index contributed by atoms with van der Waals surface area (Å²) in [4.78, 5) is 25.9. The summed E-state index contributed by atoms with van der Waals surface area (Å²) in [5, 5.41) is 3.07. The summed E-state index contributed by atoms with van der Waals surface area (Å²) in [7, 11) is 0. The summed E-state index contributed by atoms with van der Waals surface area (Å²) in [6, 6.07) is 7.58. The van der Waals surface area contributed by atoms with Gasteiger partial charge in [0.1, 0.15) is 5.75 Å². The Morgan fingerprint density at radius 3 is 2.92 bits per heavy atom. The zero-order valence-electron chi connectivity index (χ0n) is 13.6. The van der Waals surface area contributed by atoms with Gasteiger partial charge in [-0.15, -0.1) is 12.4 Å². The lowest BCUT2D eigenvalue weighted by Crippen LogP contribution is -2.43. The minimum atomic E-state index is -0.114. The standard InChI is InChI=1S/C17H23N3O3.ClH/c18-10-12-4-3-5-13(12)19-16(21)8-9-20-14-6-1-2-7-15(14)23-11-17(20)22;/h1-2,6-7,12-13H,3-5,8-11,18H2,(H,19,21);1H. The van der Waals surface area contributed by atoms with E-state index in [0.717, 1.165) is 24.9 Å². The van der Waals surface area contributed by atoms with Crippen molar-refractivity contribution in [2.24, 2.45) is 11.7 Å². The van der Waals surface area contributed by atoms with Crippen LogP contribution in [0, 0.1) is 5.92 Å². The van der Waals surface area contributed by atoms with E-state index in [0.29, 0.717) is 24.8 Å². The molecule has 1 aliphatic carbocycles. The third-order valence-corrected chi connectivity index (χ3v) is 4.68. The maximum atomic E-state index is 12.2. The average molecular weight is 354 g/mol. The van der Waals surface area contributed by atoms with Gasteiger partial charge in [-0.1, -0.05) is 18.6 Å². The molecule has 2 atom stereocenters. The van der Waals surface area contributed by atoms with E-state index in [4.69, 9.17) is 10.5 Å². The van der Waals surface area contributed by atoms with Gasteiger partial charge in [0.05, 0.1) is 5.69 Å². The van der Waals surface area contributed by atoms with Crippen LogP contribution in [0.25, 0.3) is 0 Å². The highest BCUT2D eigenvalue weighted by molar-refractivity contribution is 5.98. The van der Waals surface area contributed by atoms with Crippen LogP contribution < -0.4 is 20.7 Å². The van der Waals surface area contributed by atoms with Gasteiger partial charge in [-0.3, -0.25) is 9.59 Å². The Morgan fingerprint density at radius 2 is 2.12 bits per heavy atom. The first-order valence-corrected chi connectivity index (χ1v) is 8.20. The van der Waals surface area contributed by atoms with E-state index in [-0.39, 0.29) is 43.3 Å². The average Bonchev–Trinajstić information content (AvgIpc) is 3.01. The van der Waals surface area contributed by atoms with Crippen molar-refractivity contribution in [2.45, 2.75) is 31.7 Å². The lowest BCUT2D eigenvalue weighted by atomic mass is 10.0. The molecule has 0 aromatic heterocycles. The lowest BCUT2D eigenvalue weighted by molar-refractivity contribution is -0.122. The topological polar surface area (TPSA) is 84.7 Å². The molecule has 2 aliphatic rings. The van der Waals surface area contributed by atoms with Gasteiger partial charge in [0.2, 0.25) is 5.91 Å². The van der Waals surface area contributed by atoms with Crippen molar-refractivity contribution in [1.29, 1.82) is 0 Å². The number of anilines is 1. The van der Waals surface area contributed by atoms with E-state index in [1.165, 1.54) is 0 Å². The zero-order valence-corrected chi connectivity index (χ0v) is 14.4. The van der Waals surface area contributed by atoms with Crippen LogP contribution in [0.5, 0.6) is 5.75 Å². The number of amides is 2. The van der Waals surface area contributed by atoms with Gasteiger partial charge >= 0.3 is 0 Å². The first kappa shape index (κ1) is 18.5. The second-order valence-electron chi connectivity index (χ2n) is 6.15. The van der Waals surface area contributed by atoms with E-state index < -0.39 is 0 Å². The van der Waals surface area contributed by atoms with E-state index in [1.54, 1.807) is 4.90 Å². The molecular weight excluding hydrogens is 330 g/mol. The third kappa shape index (κ3) is 3.99. The number of ether oxygens (including phenoxy) is 1. The molecule has 1 saturated carbocycles. The minimum Gasteiger partial charge on any atom is -0.482 e. The molecule has 1 heterocycles. The van der Waals surface area contributed by atoms with Gasteiger partial charge in [0, 0.05) is 19.0 Å². The van der Waals surface area contributed by atoms with Crippen molar-refractivity contribution in [1.82, 2.24) is 5.32 Å². The maximum Gasteiger partial charge on any atom is 0.265 e. The lowest BCUT2D eigenvalue weighted by Gasteiger charge is -2.29. The normalized spacial score (nSPS) is 22.4. The SMILES string of the molecule is Cl.NCC1CCCC1NC(=O)CCN1C(=O)COc2ccccc21. The molecule has 3 rings (SSSR count). The summed E-state index contributed by atoms with van der Waals surface area (Å²) in [5.41, 5.74) is 6.48. The molecule has 0 saturated heterocycles. The number of nitrogens with one attached hydrogen (secondary N) is 1. The Labute approximate surface area is 148 Å². The van der Waals surface area contributed by atoms with Gasteiger partial charge in [-0.05, 0) is 37.4 Å². The van der Waals surface area contributed by atoms with Crippen LogP contribution in [0.15, 0.2) is 24.3 Å². The molecule has 6 nitrogen and oxygen atoms in total. The fourth-order valence-electron chi connectivity index (χ4n) is 3.40. The van der Waals surface area contributed by atoms with Crippen LogP contribution in [0.2, 0.25) is 0 Å². The Bertz CT molecular complexity index is 596. The number of para-hydroxylation sites is 2. The van der Waals surface area contributed by atoms with Crippen molar-refractivity contribution in [3.8, 4) is 5.75 Å². The number of hydrogen-bond donors (Lipinski definition) is 2. The van der Waals surface area contributed by atoms with Crippen LogP contribution in [0.4, 0.5) is 5.69 Å². The van der Waals surface area contributed by atoms with Crippen molar-refractivity contribution >= 4 is 29.9 Å². The Kier molecular flexibility index (Phi) is 6.45. The van der Waals surface area contributed by atoms with Gasteiger partial charge in [0.15, 0.2) is 6.61 Å². The van der Waals surface area contributed by atoms with Crippen LogP contribution in [-0.4, -0.2) is 37.6 Å². The molecule has 1 aromatic carbocycles. The molecule has 1 aromatic rings. The first-order chi connectivity index (χ1) is 11.2. The van der Waals surface area contributed by atoms with Gasteiger partial charge in [-0.25, -0.2) is 0 Å². The highest BCUT2D eigenvalue weighted by atomic mass is 35.5. The number of fused-ring (bicyclic) bond motifs is 1. The molecule has 1 fully saturated rings. The van der Waals surface area contributed by atoms with E-state index in [9.17, 15) is 9.59 Å². The molecule has 2 amide bonds. The molecule has 2 unspecified atom stereocenters. The van der Waals surface area contributed by atoms with E-state index >= 15 is 0 Å². The molecule has 7 heteroatoms. The molecule has 3 N–H and O–H groups in total. The second kappa shape index (κ2) is 8.35. The number of rotatable bonds is 5. The number of nitrogens with two attached hydrogens (primary N) is 1. The molecular formula is C17H24ClN3O3. The zero-order chi connectivity index (χ0) is 16.2. The largest absolute Gasteiger partial charge is 0.482 e. The van der Waals surface area contributed by atoms with Crippen LogP contribution in [0.3, 0.4) is 0 Å².